The molecule has 0 unspecified atom stereocenters. The Morgan fingerprint density at radius 2 is 2.16 bits per heavy atom. The first-order chi connectivity index (χ1) is 9.20. The number of nitrogens with one attached hydrogen (secondary N) is 1. The van der Waals surface area contributed by atoms with Crippen LogP contribution in [0.2, 0.25) is 0 Å². The molecule has 2 rings (SSSR count). The predicted molar refractivity (Wildman–Crippen MR) is 83.6 cm³/mol. The fourth-order valence-corrected chi connectivity index (χ4v) is 2.79. The zero-order valence-corrected chi connectivity index (χ0v) is 13.4. The summed E-state index contributed by atoms with van der Waals surface area (Å²) in [5, 5.41) is 3.40. The van der Waals surface area contributed by atoms with Gasteiger partial charge in [-0.1, -0.05) is 6.92 Å². The van der Waals surface area contributed by atoms with Crippen LogP contribution in [-0.2, 0) is 6.54 Å². The Balaban J connectivity index is 2.17. The van der Waals surface area contributed by atoms with Gasteiger partial charge in [0.15, 0.2) is 0 Å². The Morgan fingerprint density at radius 3 is 2.95 bits per heavy atom. The van der Waals surface area contributed by atoms with Gasteiger partial charge >= 0.3 is 0 Å². The number of hydrogen-bond donors (Lipinski definition) is 1. The Morgan fingerprint density at radius 1 is 1.32 bits per heavy atom. The molecule has 0 bridgehead atoms. The summed E-state index contributed by atoms with van der Waals surface area (Å²) in [4.78, 5) is 9.45. The highest BCUT2D eigenvalue weighted by atomic mass is 79.9. The van der Waals surface area contributed by atoms with E-state index < -0.39 is 0 Å². The Bertz CT molecular complexity index is 410. The zero-order chi connectivity index (χ0) is 13.7. The molecular formula is C14H23BrN4. The van der Waals surface area contributed by atoms with Crippen LogP contribution in [0.15, 0.2) is 16.7 Å². The molecule has 1 aliphatic heterocycles. The molecular weight excluding hydrogens is 304 g/mol. The quantitative estimate of drug-likeness (QED) is 0.918. The predicted octanol–water partition coefficient (Wildman–Crippen LogP) is 2.10. The lowest BCUT2D eigenvalue weighted by atomic mass is 10.2. The highest BCUT2D eigenvalue weighted by molar-refractivity contribution is 9.10. The summed E-state index contributed by atoms with van der Waals surface area (Å²) in [6, 6.07) is 2.18. The van der Waals surface area contributed by atoms with Gasteiger partial charge in [0.05, 0.1) is 0 Å². The van der Waals surface area contributed by atoms with Crippen molar-refractivity contribution in [2.75, 3.05) is 44.7 Å². The van der Waals surface area contributed by atoms with E-state index in [1.807, 2.05) is 6.20 Å². The molecule has 0 radical (unpaired) electrons. The highest BCUT2D eigenvalue weighted by Gasteiger charge is 2.16. The molecule has 1 aliphatic rings. The van der Waals surface area contributed by atoms with Gasteiger partial charge in [-0.05, 0) is 48.6 Å². The summed E-state index contributed by atoms with van der Waals surface area (Å²) in [5.41, 5.74) is 1.28. The van der Waals surface area contributed by atoms with Crippen LogP contribution in [0, 0.1) is 0 Å². The minimum Gasteiger partial charge on any atom is -0.355 e. The van der Waals surface area contributed by atoms with Crippen LogP contribution in [-0.4, -0.2) is 49.7 Å². The van der Waals surface area contributed by atoms with E-state index in [1.165, 1.54) is 18.5 Å². The van der Waals surface area contributed by atoms with Crippen molar-refractivity contribution >= 4 is 21.7 Å². The van der Waals surface area contributed by atoms with Gasteiger partial charge < -0.3 is 15.1 Å². The van der Waals surface area contributed by atoms with Gasteiger partial charge in [-0.2, -0.15) is 0 Å². The van der Waals surface area contributed by atoms with E-state index >= 15 is 0 Å². The number of likely N-dealkylation sites (N-methyl/N-ethyl adjacent to an activating group) is 1. The average molecular weight is 327 g/mol. The van der Waals surface area contributed by atoms with Crippen molar-refractivity contribution in [3.8, 4) is 0 Å². The lowest BCUT2D eigenvalue weighted by Crippen LogP contribution is -2.30. The number of halogens is 1. The number of rotatable bonds is 4. The normalized spacial score (nSPS) is 17.5. The van der Waals surface area contributed by atoms with Crippen molar-refractivity contribution in [1.29, 1.82) is 0 Å². The van der Waals surface area contributed by atoms with Crippen molar-refractivity contribution in [2.24, 2.45) is 0 Å². The molecule has 106 valence electrons. The molecule has 1 saturated heterocycles. The van der Waals surface area contributed by atoms with Crippen LogP contribution in [0.25, 0.3) is 0 Å². The third kappa shape index (κ3) is 4.16. The van der Waals surface area contributed by atoms with Crippen LogP contribution in [0.1, 0.15) is 18.9 Å². The maximum atomic E-state index is 4.64. The van der Waals surface area contributed by atoms with Crippen molar-refractivity contribution in [3.63, 3.8) is 0 Å². The molecule has 0 spiro atoms. The molecule has 1 aromatic rings. The van der Waals surface area contributed by atoms with Crippen molar-refractivity contribution in [2.45, 2.75) is 19.9 Å². The van der Waals surface area contributed by atoms with Crippen LogP contribution in [0.5, 0.6) is 0 Å². The second-order valence-corrected chi connectivity index (χ2v) is 5.98. The maximum Gasteiger partial charge on any atom is 0.133 e. The maximum absolute atomic E-state index is 4.64. The van der Waals surface area contributed by atoms with Gasteiger partial charge in [0.1, 0.15) is 5.82 Å². The van der Waals surface area contributed by atoms with Gasteiger partial charge in [0.25, 0.3) is 0 Å². The topological polar surface area (TPSA) is 31.4 Å². The Kier molecular flexibility index (Phi) is 5.60. The van der Waals surface area contributed by atoms with Crippen molar-refractivity contribution in [1.82, 2.24) is 15.2 Å². The number of nitrogens with zero attached hydrogens (tertiary/aromatic N) is 3. The molecule has 1 N–H and O–H groups in total. The second kappa shape index (κ2) is 7.22. The molecule has 1 fully saturated rings. The van der Waals surface area contributed by atoms with E-state index in [4.69, 9.17) is 0 Å². The van der Waals surface area contributed by atoms with Crippen LogP contribution >= 0.6 is 15.9 Å². The third-order valence-corrected chi connectivity index (χ3v) is 3.93. The average Bonchev–Trinajstić information content (AvgIpc) is 2.61. The first kappa shape index (κ1) is 14.8. The first-order valence-corrected chi connectivity index (χ1v) is 7.78. The van der Waals surface area contributed by atoms with E-state index in [9.17, 15) is 0 Å². The van der Waals surface area contributed by atoms with Gasteiger partial charge in [0.2, 0.25) is 0 Å². The van der Waals surface area contributed by atoms with Crippen LogP contribution in [0.4, 0.5) is 5.82 Å². The molecule has 0 aliphatic carbocycles. The van der Waals surface area contributed by atoms with Gasteiger partial charge in [0, 0.05) is 42.4 Å². The number of anilines is 1. The molecule has 2 heterocycles. The van der Waals surface area contributed by atoms with Crippen LogP contribution in [0.3, 0.4) is 0 Å². The molecule has 4 nitrogen and oxygen atoms in total. The van der Waals surface area contributed by atoms with Crippen LogP contribution < -0.4 is 10.2 Å². The molecule has 0 amide bonds. The molecule has 1 aromatic heterocycles. The summed E-state index contributed by atoms with van der Waals surface area (Å²) >= 11 is 3.52. The molecule has 0 aromatic carbocycles. The standard InChI is InChI=1S/C14H23BrN4/c1-3-16-10-12-9-13(15)11-17-14(12)19-6-4-5-18(2)7-8-19/h9,11,16H,3-8,10H2,1-2H3. The minimum atomic E-state index is 0.880. The largest absolute Gasteiger partial charge is 0.355 e. The zero-order valence-electron chi connectivity index (χ0n) is 11.8. The molecule has 5 heteroatoms. The first-order valence-electron chi connectivity index (χ1n) is 6.99. The van der Waals surface area contributed by atoms with Gasteiger partial charge in [-0.3, -0.25) is 0 Å². The SMILES string of the molecule is CCNCc1cc(Br)cnc1N1CCCN(C)CC1. The van der Waals surface area contributed by atoms with E-state index in [1.54, 1.807) is 0 Å². The number of aromatic nitrogens is 1. The summed E-state index contributed by atoms with van der Waals surface area (Å²) in [5.74, 6) is 1.14. The van der Waals surface area contributed by atoms with Crippen molar-refractivity contribution in [3.05, 3.63) is 22.3 Å². The van der Waals surface area contributed by atoms with E-state index in [0.29, 0.717) is 0 Å². The summed E-state index contributed by atoms with van der Waals surface area (Å²) in [6.45, 7) is 8.43. The summed E-state index contributed by atoms with van der Waals surface area (Å²) in [7, 11) is 2.19. The number of pyridine rings is 1. The minimum absolute atomic E-state index is 0.880. The molecule has 0 atom stereocenters. The highest BCUT2D eigenvalue weighted by Crippen LogP contribution is 2.22. The van der Waals surface area contributed by atoms with E-state index in [0.717, 1.165) is 43.0 Å². The molecule has 0 saturated carbocycles. The third-order valence-electron chi connectivity index (χ3n) is 3.49. The molecule has 19 heavy (non-hydrogen) atoms. The smallest absolute Gasteiger partial charge is 0.133 e. The summed E-state index contributed by atoms with van der Waals surface area (Å²) in [6.07, 6.45) is 3.11. The lowest BCUT2D eigenvalue weighted by molar-refractivity contribution is 0.360. The van der Waals surface area contributed by atoms with Gasteiger partial charge in [-0.25, -0.2) is 4.98 Å². The second-order valence-electron chi connectivity index (χ2n) is 5.06. The number of hydrogen-bond acceptors (Lipinski definition) is 4. The fraction of sp³-hybridized carbons (Fsp3) is 0.643. The van der Waals surface area contributed by atoms with E-state index in [2.05, 4.69) is 56.1 Å². The summed E-state index contributed by atoms with van der Waals surface area (Å²) < 4.78 is 1.05. The lowest BCUT2D eigenvalue weighted by Gasteiger charge is -2.24. The van der Waals surface area contributed by atoms with Gasteiger partial charge in [-0.15, -0.1) is 0 Å². The Labute approximate surface area is 124 Å². The fourth-order valence-electron chi connectivity index (χ4n) is 2.41. The monoisotopic (exact) mass is 326 g/mol. The van der Waals surface area contributed by atoms with E-state index in [-0.39, 0.29) is 0 Å². The van der Waals surface area contributed by atoms with Crippen molar-refractivity contribution < 1.29 is 0 Å². The Hall–Kier alpha value is -0.650.